The summed E-state index contributed by atoms with van der Waals surface area (Å²) in [5, 5.41) is 3.00. The number of carbonyl (C=O) groups excluding carboxylic acids is 1. The van der Waals surface area contributed by atoms with Gasteiger partial charge in [-0.15, -0.1) is 0 Å². The summed E-state index contributed by atoms with van der Waals surface area (Å²) in [7, 11) is 1.64. The summed E-state index contributed by atoms with van der Waals surface area (Å²) >= 11 is 0. The minimum atomic E-state index is -0.529. The number of anilines is 1. The van der Waals surface area contributed by atoms with Crippen molar-refractivity contribution < 1.29 is 19.0 Å². The molecule has 29 heavy (non-hydrogen) atoms. The summed E-state index contributed by atoms with van der Waals surface area (Å²) in [4.78, 5) is 17.7. The zero-order valence-electron chi connectivity index (χ0n) is 16.0. The first-order valence-corrected chi connectivity index (χ1v) is 9.51. The van der Waals surface area contributed by atoms with Crippen LogP contribution in [0.3, 0.4) is 0 Å². The lowest BCUT2D eigenvalue weighted by atomic mass is 9.94. The number of pyridine rings is 1. The van der Waals surface area contributed by atoms with Gasteiger partial charge in [-0.25, -0.2) is 4.98 Å². The molecule has 2 heterocycles. The molecule has 5 rings (SSSR count). The fourth-order valence-corrected chi connectivity index (χ4v) is 3.63. The number of nitrogens with zero attached hydrogens (tertiary/aromatic N) is 1. The number of hydrogen-bond acceptors (Lipinski definition) is 5. The van der Waals surface area contributed by atoms with Crippen LogP contribution in [0.25, 0.3) is 11.3 Å². The van der Waals surface area contributed by atoms with Gasteiger partial charge in [-0.3, -0.25) is 4.79 Å². The van der Waals surface area contributed by atoms with E-state index in [1.54, 1.807) is 13.2 Å². The number of nitrogens with one attached hydrogen (secondary N) is 1. The van der Waals surface area contributed by atoms with Gasteiger partial charge in [0.2, 0.25) is 12.7 Å². The largest absolute Gasteiger partial charge is 0.497 e. The maximum atomic E-state index is 13.1. The molecular formula is C23H20N2O4. The molecular weight excluding hydrogens is 368 g/mol. The Morgan fingerprint density at radius 1 is 1.03 bits per heavy atom. The van der Waals surface area contributed by atoms with E-state index in [2.05, 4.69) is 10.3 Å². The van der Waals surface area contributed by atoms with E-state index >= 15 is 0 Å². The van der Waals surface area contributed by atoms with Crippen LogP contribution in [0.15, 0.2) is 60.7 Å². The maximum Gasteiger partial charge on any atom is 0.236 e. The molecule has 1 aromatic heterocycles. The van der Waals surface area contributed by atoms with Gasteiger partial charge in [0.1, 0.15) is 11.6 Å². The van der Waals surface area contributed by atoms with Gasteiger partial charge in [0.15, 0.2) is 11.5 Å². The molecule has 1 N–H and O–H groups in total. The van der Waals surface area contributed by atoms with Gasteiger partial charge in [-0.05, 0) is 66.9 Å². The predicted octanol–water partition coefficient (Wildman–Crippen LogP) is 4.16. The molecule has 1 saturated carbocycles. The van der Waals surface area contributed by atoms with Crippen molar-refractivity contribution in [1.82, 2.24) is 4.98 Å². The van der Waals surface area contributed by atoms with Crippen LogP contribution in [0.2, 0.25) is 0 Å². The summed E-state index contributed by atoms with van der Waals surface area (Å²) in [6.07, 6.45) is 1.60. The number of methoxy groups -OCH3 is 1. The normalized spacial score (nSPS) is 15.6. The summed E-state index contributed by atoms with van der Waals surface area (Å²) in [6.45, 7) is 0.222. The lowest BCUT2D eigenvalue weighted by molar-refractivity contribution is -0.118. The number of fused-ring (bicyclic) bond motifs is 1. The zero-order valence-corrected chi connectivity index (χ0v) is 16.0. The van der Waals surface area contributed by atoms with Gasteiger partial charge >= 0.3 is 0 Å². The van der Waals surface area contributed by atoms with Crippen LogP contribution in [0.1, 0.15) is 18.4 Å². The van der Waals surface area contributed by atoms with Gasteiger partial charge < -0.3 is 19.5 Å². The molecule has 0 unspecified atom stereocenters. The van der Waals surface area contributed by atoms with Crippen LogP contribution >= 0.6 is 0 Å². The third-order valence-electron chi connectivity index (χ3n) is 5.49. The smallest absolute Gasteiger partial charge is 0.236 e. The van der Waals surface area contributed by atoms with Crippen molar-refractivity contribution in [1.29, 1.82) is 0 Å². The molecule has 2 aromatic carbocycles. The third-order valence-corrected chi connectivity index (χ3v) is 5.49. The highest BCUT2D eigenvalue weighted by Gasteiger charge is 2.51. The molecule has 3 aromatic rings. The highest BCUT2D eigenvalue weighted by molar-refractivity contribution is 6.01. The van der Waals surface area contributed by atoms with Crippen molar-refractivity contribution in [3.8, 4) is 28.5 Å². The van der Waals surface area contributed by atoms with Gasteiger partial charge in [-0.1, -0.05) is 12.1 Å². The Bertz CT molecular complexity index is 1070. The van der Waals surface area contributed by atoms with Crippen LogP contribution in [0, 0.1) is 0 Å². The second kappa shape index (κ2) is 6.81. The number of ether oxygens (including phenoxy) is 3. The van der Waals surface area contributed by atoms with E-state index in [4.69, 9.17) is 14.2 Å². The minimum absolute atomic E-state index is 0.0456. The molecule has 2 aliphatic rings. The molecule has 0 radical (unpaired) electrons. The van der Waals surface area contributed by atoms with E-state index in [1.165, 1.54) is 0 Å². The highest BCUT2D eigenvalue weighted by atomic mass is 16.7. The quantitative estimate of drug-likeness (QED) is 0.711. The SMILES string of the molecule is COc1ccc(-c2cccc(NC(=O)C3(c4ccc5c(c4)OCO5)CC3)n2)cc1. The molecule has 1 fully saturated rings. The summed E-state index contributed by atoms with van der Waals surface area (Å²) < 4.78 is 16.0. The average Bonchev–Trinajstić information content (AvgIpc) is 3.45. The minimum Gasteiger partial charge on any atom is -0.497 e. The van der Waals surface area contributed by atoms with E-state index in [0.29, 0.717) is 11.6 Å². The van der Waals surface area contributed by atoms with E-state index in [9.17, 15) is 4.79 Å². The molecule has 0 bridgehead atoms. The Labute approximate surface area is 168 Å². The molecule has 146 valence electrons. The van der Waals surface area contributed by atoms with Crippen LogP contribution in [0.4, 0.5) is 5.82 Å². The first kappa shape index (κ1) is 17.6. The molecule has 0 saturated heterocycles. The van der Waals surface area contributed by atoms with Gasteiger partial charge in [0.25, 0.3) is 0 Å². The number of rotatable bonds is 5. The van der Waals surface area contributed by atoms with Crippen molar-refractivity contribution in [3.05, 3.63) is 66.2 Å². The van der Waals surface area contributed by atoms with Crippen LogP contribution in [-0.4, -0.2) is 24.8 Å². The number of carbonyl (C=O) groups is 1. The Morgan fingerprint density at radius 2 is 1.83 bits per heavy atom. The maximum absolute atomic E-state index is 13.1. The standard InChI is InChI=1S/C23H20N2O4/c1-27-17-8-5-15(6-9-17)18-3-2-4-21(24-18)25-22(26)23(11-12-23)16-7-10-19-20(13-16)29-14-28-19/h2-10,13H,11-12,14H2,1H3,(H,24,25,26). The van der Waals surface area contributed by atoms with E-state index in [-0.39, 0.29) is 12.7 Å². The fourth-order valence-electron chi connectivity index (χ4n) is 3.63. The number of benzene rings is 2. The Balaban J connectivity index is 1.37. The summed E-state index contributed by atoms with van der Waals surface area (Å²) in [5.74, 6) is 2.70. The van der Waals surface area contributed by atoms with Crippen molar-refractivity contribution in [2.75, 3.05) is 19.2 Å². The molecule has 0 spiro atoms. The Kier molecular flexibility index (Phi) is 4.12. The third kappa shape index (κ3) is 3.16. The van der Waals surface area contributed by atoms with Crippen molar-refractivity contribution in [3.63, 3.8) is 0 Å². The molecule has 6 heteroatoms. The Morgan fingerprint density at radius 3 is 2.59 bits per heavy atom. The summed E-state index contributed by atoms with van der Waals surface area (Å²) in [6, 6.07) is 19.0. The molecule has 1 aliphatic carbocycles. The second-order valence-electron chi connectivity index (χ2n) is 7.24. The highest BCUT2D eigenvalue weighted by Crippen LogP contribution is 2.51. The van der Waals surface area contributed by atoms with Crippen LogP contribution in [-0.2, 0) is 10.2 Å². The predicted molar refractivity (Wildman–Crippen MR) is 108 cm³/mol. The number of aromatic nitrogens is 1. The second-order valence-corrected chi connectivity index (χ2v) is 7.24. The van der Waals surface area contributed by atoms with Crippen LogP contribution < -0.4 is 19.5 Å². The van der Waals surface area contributed by atoms with Crippen molar-refractivity contribution >= 4 is 11.7 Å². The number of hydrogen-bond donors (Lipinski definition) is 1. The number of amides is 1. The van der Waals surface area contributed by atoms with E-state index < -0.39 is 5.41 Å². The molecule has 1 amide bonds. The topological polar surface area (TPSA) is 69.7 Å². The first-order chi connectivity index (χ1) is 14.2. The van der Waals surface area contributed by atoms with Crippen molar-refractivity contribution in [2.24, 2.45) is 0 Å². The van der Waals surface area contributed by atoms with Crippen LogP contribution in [0.5, 0.6) is 17.2 Å². The monoisotopic (exact) mass is 388 g/mol. The summed E-state index contributed by atoms with van der Waals surface area (Å²) in [5.41, 5.74) is 2.17. The van der Waals surface area contributed by atoms with Gasteiger partial charge in [0.05, 0.1) is 18.2 Å². The lowest BCUT2D eigenvalue weighted by Gasteiger charge is -2.16. The van der Waals surface area contributed by atoms with E-state index in [0.717, 1.165) is 41.2 Å². The molecule has 6 nitrogen and oxygen atoms in total. The van der Waals surface area contributed by atoms with E-state index in [1.807, 2.05) is 54.6 Å². The van der Waals surface area contributed by atoms with Gasteiger partial charge in [0, 0.05) is 5.56 Å². The average molecular weight is 388 g/mol. The van der Waals surface area contributed by atoms with Gasteiger partial charge in [-0.2, -0.15) is 0 Å². The molecule has 0 atom stereocenters. The first-order valence-electron chi connectivity index (χ1n) is 9.51. The Hall–Kier alpha value is -3.54. The van der Waals surface area contributed by atoms with Crippen molar-refractivity contribution in [2.45, 2.75) is 18.3 Å². The molecule has 1 aliphatic heterocycles. The zero-order chi connectivity index (χ0) is 19.8. The fraction of sp³-hybridized carbons (Fsp3) is 0.217. The lowest BCUT2D eigenvalue weighted by Crippen LogP contribution is -2.28.